The van der Waals surface area contributed by atoms with Gasteiger partial charge in [0.15, 0.2) is 0 Å². The molecule has 0 saturated carbocycles. The lowest BCUT2D eigenvalue weighted by Crippen LogP contribution is -2.51. The normalized spacial score (nSPS) is 13.6. The van der Waals surface area contributed by atoms with Crippen LogP contribution in [0.25, 0.3) is 0 Å². The van der Waals surface area contributed by atoms with Gasteiger partial charge >= 0.3 is 0 Å². The van der Waals surface area contributed by atoms with Crippen LogP contribution in [0.5, 0.6) is 0 Å². The largest absolute Gasteiger partial charge is 0.377 e. The van der Waals surface area contributed by atoms with E-state index in [-0.39, 0.29) is 17.5 Å². The van der Waals surface area contributed by atoms with Crippen molar-refractivity contribution < 1.29 is 9.13 Å². The van der Waals surface area contributed by atoms with Gasteiger partial charge in [-0.1, -0.05) is 26.0 Å². The van der Waals surface area contributed by atoms with Gasteiger partial charge in [0.05, 0.1) is 5.60 Å². The predicted molar refractivity (Wildman–Crippen MR) is 73.3 cm³/mol. The molecule has 1 N–H and O–H groups in total. The standard InChI is InChI=1S/C15H24FNO/c1-5-15(6-2,18-4)14(17-3)11-12-8-7-9-13(16)10-12/h7-10,14,17H,5-6,11H2,1-4H3. The second-order valence-corrected chi connectivity index (χ2v) is 4.65. The molecule has 0 aliphatic carbocycles. The first kappa shape index (κ1) is 15.1. The van der Waals surface area contributed by atoms with Crippen molar-refractivity contribution in [3.8, 4) is 0 Å². The molecule has 0 spiro atoms. The molecule has 0 fully saturated rings. The highest BCUT2D eigenvalue weighted by Crippen LogP contribution is 2.26. The molecule has 0 radical (unpaired) electrons. The Labute approximate surface area is 110 Å². The Morgan fingerprint density at radius 3 is 2.44 bits per heavy atom. The first-order chi connectivity index (χ1) is 8.61. The summed E-state index contributed by atoms with van der Waals surface area (Å²) >= 11 is 0. The minimum atomic E-state index is -0.193. The van der Waals surface area contributed by atoms with E-state index in [1.807, 2.05) is 13.1 Å². The quantitative estimate of drug-likeness (QED) is 0.806. The van der Waals surface area contributed by atoms with E-state index in [1.54, 1.807) is 19.2 Å². The number of rotatable bonds is 7. The van der Waals surface area contributed by atoms with Crippen LogP contribution in [0.4, 0.5) is 4.39 Å². The van der Waals surface area contributed by atoms with Crippen LogP contribution in [0.15, 0.2) is 24.3 Å². The van der Waals surface area contributed by atoms with Gasteiger partial charge in [-0.3, -0.25) is 0 Å². The van der Waals surface area contributed by atoms with Gasteiger partial charge in [0.2, 0.25) is 0 Å². The van der Waals surface area contributed by atoms with Gasteiger partial charge in [0.25, 0.3) is 0 Å². The number of methoxy groups -OCH3 is 1. The Morgan fingerprint density at radius 2 is 2.00 bits per heavy atom. The summed E-state index contributed by atoms with van der Waals surface area (Å²) in [6.45, 7) is 4.26. The van der Waals surface area contributed by atoms with Crippen LogP contribution in [-0.4, -0.2) is 25.8 Å². The average Bonchev–Trinajstić information content (AvgIpc) is 2.40. The highest BCUT2D eigenvalue weighted by atomic mass is 19.1. The summed E-state index contributed by atoms with van der Waals surface area (Å²) in [6, 6.07) is 6.96. The third-order valence-corrected chi connectivity index (χ3v) is 3.92. The minimum Gasteiger partial charge on any atom is -0.377 e. The second kappa shape index (κ2) is 6.86. The number of hydrogen-bond acceptors (Lipinski definition) is 2. The maximum atomic E-state index is 13.2. The summed E-state index contributed by atoms with van der Waals surface area (Å²) < 4.78 is 18.9. The molecule has 3 heteroatoms. The summed E-state index contributed by atoms with van der Waals surface area (Å²) in [5.74, 6) is -0.182. The Kier molecular flexibility index (Phi) is 5.76. The van der Waals surface area contributed by atoms with E-state index >= 15 is 0 Å². The number of nitrogens with one attached hydrogen (secondary N) is 1. The zero-order valence-corrected chi connectivity index (χ0v) is 11.8. The predicted octanol–water partition coefficient (Wildman–Crippen LogP) is 3.16. The molecule has 0 bridgehead atoms. The van der Waals surface area contributed by atoms with Crippen molar-refractivity contribution in [1.29, 1.82) is 0 Å². The molecule has 1 aromatic rings. The van der Waals surface area contributed by atoms with Gasteiger partial charge < -0.3 is 10.1 Å². The molecule has 18 heavy (non-hydrogen) atoms. The average molecular weight is 253 g/mol. The van der Waals surface area contributed by atoms with E-state index in [0.717, 1.165) is 24.8 Å². The van der Waals surface area contributed by atoms with Crippen LogP contribution in [-0.2, 0) is 11.2 Å². The Morgan fingerprint density at radius 1 is 1.33 bits per heavy atom. The van der Waals surface area contributed by atoms with Gasteiger partial charge in [-0.2, -0.15) is 0 Å². The van der Waals surface area contributed by atoms with Gasteiger partial charge in [-0.15, -0.1) is 0 Å². The highest BCUT2D eigenvalue weighted by molar-refractivity contribution is 5.18. The van der Waals surface area contributed by atoms with E-state index in [1.165, 1.54) is 6.07 Å². The molecule has 0 aliphatic heterocycles. The highest BCUT2D eigenvalue weighted by Gasteiger charge is 2.34. The van der Waals surface area contributed by atoms with Crippen molar-refractivity contribution in [2.24, 2.45) is 0 Å². The summed E-state index contributed by atoms with van der Waals surface area (Å²) in [5.41, 5.74) is 0.804. The Hall–Kier alpha value is -0.930. The number of benzene rings is 1. The van der Waals surface area contributed by atoms with E-state index in [2.05, 4.69) is 19.2 Å². The minimum absolute atomic E-state index is 0.180. The van der Waals surface area contributed by atoms with Crippen LogP contribution in [0.3, 0.4) is 0 Å². The summed E-state index contributed by atoms with van der Waals surface area (Å²) in [4.78, 5) is 0. The Bertz CT molecular complexity index is 355. The SMILES string of the molecule is CCC(CC)(OC)C(Cc1cccc(F)c1)NC. The molecule has 0 heterocycles. The summed E-state index contributed by atoms with van der Waals surface area (Å²) in [6.07, 6.45) is 2.63. The van der Waals surface area contributed by atoms with Gasteiger partial charge in [-0.05, 0) is 44.0 Å². The maximum Gasteiger partial charge on any atom is 0.123 e. The van der Waals surface area contributed by atoms with Crippen molar-refractivity contribution in [2.75, 3.05) is 14.2 Å². The van der Waals surface area contributed by atoms with Gasteiger partial charge in [0.1, 0.15) is 5.82 Å². The van der Waals surface area contributed by atoms with Crippen LogP contribution < -0.4 is 5.32 Å². The third kappa shape index (κ3) is 3.30. The van der Waals surface area contributed by atoms with Crippen molar-refractivity contribution >= 4 is 0 Å². The van der Waals surface area contributed by atoms with Crippen molar-refractivity contribution in [1.82, 2.24) is 5.32 Å². The smallest absolute Gasteiger partial charge is 0.123 e. The lowest BCUT2D eigenvalue weighted by molar-refractivity contribution is -0.0454. The molecule has 1 atom stereocenters. The summed E-state index contributed by atoms with van der Waals surface area (Å²) in [5, 5.41) is 3.32. The molecule has 1 rings (SSSR count). The van der Waals surface area contributed by atoms with E-state index < -0.39 is 0 Å². The van der Waals surface area contributed by atoms with E-state index in [0.29, 0.717) is 0 Å². The fraction of sp³-hybridized carbons (Fsp3) is 0.600. The van der Waals surface area contributed by atoms with Crippen molar-refractivity contribution in [2.45, 2.75) is 44.8 Å². The van der Waals surface area contributed by atoms with Gasteiger partial charge in [-0.25, -0.2) is 4.39 Å². The number of ether oxygens (including phenoxy) is 1. The zero-order chi connectivity index (χ0) is 13.6. The topological polar surface area (TPSA) is 21.3 Å². The molecular weight excluding hydrogens is 229 g/mol. The molecule has 1 aromatic carbocycles. The number of hydrogen-bond donors (Lipinski definition) is 1. The lowest BCUT2D eigenvalue weighted by atomic mass is 9.84. The fourth-order valence-electron chi connectivity index (χ4n) is 2.62. The van der Waals surface area contributed by atoms with Gasteiger partial charge in [0, 0.05) is 13.2 Å². The zero-order valence-electron chi connectivity index (χ0n) is 11.8. The fourth-order valence-corrected chi connectivity index (χ4v) is 2.62. The van der Waals surface area contributed by atoms with Crippen LogP contribution in [0.1, 0.15) is 32.3 Å². The second-order valence-electron chi connectivity index (χ2n) is 4.65. The monoisotopic (exact) mass is 253 g/mol. The van der Waals surface area contributed by atoms with Crippen LogP contribution >= 0.6 is 0 Å². The lowest BCUT2D eigenvalue weighted by Gasteiger charge is -2.38. The molecule has 0 aromatic heterocycles. The molecule has 0 aliphatic rings. The Balaban J connectivity index is 2.90. The maximum absolute atomic E-state index is 13.2. The third-order valence-electron chi connectivity index (χ3n) is 3.92. The molecule has 102 valence electrons. The number of likely N-dealkylation sites (N-methyl/N-ethyl adjacent to an activating group) is 1. The first-order valence-corrected chi connectivity index (χ1v) is 6.58. The molecular formula is C15H24FNO. The summed E-state index contributed by atoms with van der Waals surface area (Å²) in [7, 11) is 3.69. The molecule has 1 unspecified atom stereocenters. The number of halogens is 1. The first-order valence-electron chi connectivity index (χ1n) is 6.58. The van der Waals surface area contributed by atoms with Crippen molar-refractivity contribution in [3.05, 3.63) is 35.6 Å². The van der Waals surface area contributed by atoms with Crippen LogP contribution in [0, 0.1) is 5.82 Å². The molecule has 0 saturated heterocycles. The molecule has 0 amide bonds. The molecule has 2 nitrogen and oxygen atoms in total. The van der Waals surface area contributed by atoms with E-state index in [9.17, 15) is 4.39 Å². The van der Waals surface area contributed by atoms with Crippen LogP contribution in [0.2, 0.25) is 0 Å². The van der Waals surface area contributed by atoms with E-state index in [4.69, 9.17) is 4.74 Å². The van der Waals surface area contributed by atoms with Crippen molar-refractivity contribution in [3.63, 3.8) is 0 Å².